The van der Waals surface area contributed by atoms with Gasteiger partial charge in [-0.05, 0) is 30.7 Å². The number of carbonyl (C=O) groups excluding carboxylic acids is 2. The van der Waals surface area contributed by atoms with Gasteiger partial charge in [0.05, 0.1) is 24.3 Å². The van der Waals surface area contributed by atoms with Crippen molar-refractivity contribution >= 4 is 35.4 Å². The van der Waals surface area contributed by atoms with E-state index in [1.807, 2.05) is 0 Å². The average Bonchev–Trinajstić information content (AvgIpc) is 2.91. The van der Waals surface area contributed by atoms with Crippen molar-refractivity contribution < 1.29 is 32.6 Å². The summed E-state index contributed by atoms with van der Waals surface area (Å²) in [5, 5.41) is 0. The lowest BCUT2D eigenvalue weighted by atomic mass is 10.2. The second-order valence-electron chi connectivity index (χ2n) is 5.26. The SMILES string of the molecule is CCOC(=O)C=c1sc(=Cc2ccc(OC(F)F)cc2)c(=O)n1CC(=O)OC. The Balaban J connectivity index is 2.49. The van der Waals surface area contributed by atoms with Gasteiger partial charge in [0.2, 0.25) is 0 Å². The van der Waals surface area contributed by atoms with Crippen LogP contribution in [0.3, 0.4) is 0 Å². The summed E-state index contributed by atoms with van der Waals surface area (Å²) in [4.78, 5) is 36.0. The highest BCUT2D eigenvalue weighted by Crippen LogP contribution is 2.15. The van der Waals surface area contributed by atoms with Crippen LogP contribution in [0.2, 0.25) is 0 Å². The Bertz CT molecular complexity index is 1010. The van der Waals surface area contributed by atoms with Crippen molar-refractivity contribution in [3.05, 3.63) is 49.4 Å². The molecule has 1 aromatic carbocycles. The molecule has 10 heteroatoms. The van der Waals surface area contributed by atoms with Gasteiger partial charge < -0.3 is 14.2 Å². The van der Waals surface area contributed by atoms with Crippen molar-refractivity contribution in [1.29, 1.82) is 0 Å². The quantitative estimate of drug-likeness (QED) is 0.626. The molecule has 1 aromatic heterocycles. The summed E-state index contributed by atoms with van der Waals surface area (Å²) in [6, 6.07) is 5.67. The molecule has 0 saturated carbocycles. The third-order valence-electron chi connectivity index (χ3n) is 3.38. The molecule has 0 unspecified atom stereocenters. The molecule has 0 spiro atoms. The number of alkyl halides is 2. The zero-order valence-electron chi connectivity index (χ0n) is 15.0. The second-order valence-corrected chi connectivity index (χ2v) is 6.32. The number of hydrogen-bond acceptors (Lipinski definition) is 7. The highest BCUT2D eigenvalue weighted by atomic mass is 32.1. The van der Waals surface area contributed by atoms with Crippen LogP contribution in [0, 0.1) is 0 Å². The van der Waals surface area contributed by atoms with Crippen LogP contribution in [0.25, 0.3) is 12.2 Å². The standard InChI is InChI=1S/C18H17F2NO6S/c1-3-26-15(22)9-14-21(10-16(23)25-2)17(24)13(28-14)8-11-4-6-12(7-5-11)27-18(19)20/h4-9,18H,3,10H2,1-2H3. The van der Waals surface area contributed by atoms with Gasteiger partial charge in [0.1, 0.15) is 17.0 Å². The van der Waals surface area contributed by atoms with Crippen LogP contribution in [-0.2, 0) is 25.6 Å². The molecule has 0 radical (unpaired) electrons. The van der Waals surface area contributed by atoms with E-state index in [0.29, 0.717) is 5.56 Å². The predicted molar refractivity (Wildman–Crippen MR) is 97.6 cm³/mol. The maximum Gasteiger partial charge on any atom is 0.387 e. The average molecular weight is 413 g/mol. The van der Waals surface area contributed by atoms with Gasteiger partial charge in [-0.25, -0.2) is 4.79 Å². The number of ether oxygens (including phenoxy) is 3. The van der Waals surface area contributed by atoms with E-state index in [4.69, 9.17) is 4.74 Å². The minimum absolute atomic E-state index is 0.0160. The molecule has 2 aromatic rings. The molecule has 0 amide bonds. The summed E-state index contributed by atoms with van der Waals surface area (Å²) < 4.78 is 39.7. The minimum Gasteiger partial charge on any atom is -0.468 e. The van der Waals surface area contributed by atoms with Crippen LogP contribution in [0.15, 0.2) is 29.1 Å². The largest absolute Gasteiger partial charge is 0.468 e. The van der Waals surface area contributed by atoms with E-state index in [2.05, 4.69) is 9.47 Å². The van der Waals surface area contributed by atoms with E-state index < -0.39 is 24.1 Å². The van der Waals surface area contributed by atoms with Crippen molar-refractivity contribution in [3.8, 4) is 5.75 Å². The number of nitrogens with zero attached hydrogens (tertiary/aromatic N) is 1. The number of thiazole rings is 1. The van der Waals surface area contributed by atoms with Crippen molar-refractivity contribution in [2.45, 2.75) is 20.1 Å². The zero-order chi connectivity index (χ0) is 20.7. The van der Waals surface area contributed by atoms with Gasteiger partial charge >= 0.3 is 18.6 Å². The maximum atomic E-state index is 12.6. The summed E-state index contributed by atoms with van der Waals surface area (Å²) in [5.74, 6) is -1.32. The molecule has 1 heterocycles. The molecular weight excluding hydrogens is 396 g/mol. The van der Waals surface area contributed by atoms with Gasteiger partial charge in [0.15, 0.2) is 0 Å². The smallest absolute Gasteiger partial charge is 0.387 e. The van der Waals surface area contributed by atoms with Gasteiger partial charge in [0.25, 0.3) is 5.56 Å². The highest BCUT2D eigenvalue weighted by Gasteiger charge is 2.11. The van der Waals surface area contributed by atoms with Crippen LogP contribution < -0.4 is 19.5 Å². The van der Waals surface area contributed by atoms with Gasteiger partial charge in [-0.3, -0.25) is 14.2 Å². The van der Waals surface area contributed by atoms with Crippen molar-refractivity contribution in [1.82, 2.24) is 4.57 Å². The highest BCUT2D eigenvalue weighted by molar-refractivity contribution is 7.07. The number of halogens is 2. The molecule has 0 atom stereocenters. The fraction of sp³-hybridized carbons (Fsp3) is 0.278. The van der Waals surface area contributed by atoms with E-state index >= 15 is 0 Å². The summed E-state index contributed by atoms with van der Waals surface area (Å²) in [7, 11) is 1.19. The second kappa shape index (κ2) is 9.79. The molecule has 0 saturated heterocycles. The Hall–Kier alpha value is -3.01. The lowest BCUT2D eigenvalue weighted by molar-refractivity contribution is -0.141. The number of methoxy groups -OCH3 is 1. The van der Waals surface area contributed by atoms with Gasteiger partial charge in [0, 0.05) is 0 Å². The Kier molecular flexibility index (Phi) is 7.44. The number of carbonyl (C=O) groups is 2. The number of aromatic nitrogens is 1. The van der Waals surface area contributed by atoms with Crippen LogP contribution in [0.5, 0.6) is 5.75 Å². The van der Waals surface area contributed by atoms with Crippen LogP contribution in [0.1, 0.15) is 12.5 Å². The Labute approximate surface area is 162 Å². The lowest BCUT2D eigenvalue weighted by Gasteiger charge is -2.03. The molecular formula is C18H17F2NO6S. The number of hydrogen-bond donors (Lipinski definition) is 0. The molecule has 7 nitrogen and oxygen atoms in total. The topological polar surface area (TPSA) is 83.8 Å². The van der Waals surface area contributed by atoms with Gasteiger partial charge in [-0.15, -0.1) is 11.3 Å². The van der Waals surface area contributed by atoms with Crippen LogP contribution in [0.4, 0.5) is 8.78 Å². The molecule has 150 valence electrons. The van der Waals surface area contributed by atoms with Crippen LogP contribution >= 0.6 is 11.3 Å². The third kappa shape index (κ3) is 5.74. The summed E-state index contributed by atoms with van der Waals surface area (Å²) >= 11 is 0.982. The zero-order valence-corrected chi connectivity index (χ0v) is 15.8. The third-order valence-corrected chi connectivity index (χ3v) is 4.44. The first-order chi connectivity index (χ1) is 13.3. The Morgan fingerprint density at radius 2 is 1.93 bits per heavy atom. The summed E-state index contributed by atoms with van der Waals surface area (Å²) in [5.41, 5.74) is 0.0479. The van der Waals surface area contributed by atoms with Crippen LogP contribution in [-0.4, -0.2) is 36.8 Å². The maximum absolute atomic E-state index is 12.6. The summed E-state index contributed by atoms with van der Waals surface area (Å²) in [6.07, 6.45) is 2.63. The van der Waals surface area contributed by atoms with E-state index in [1.165, 1.54) is 37.5 Å². The fourth-order valence-corrected chi connectivity index (χ4v) is 3.20. The van der Waals surface area contributed by atoms with Crippen molar-refractivity contribution in [2.24, 2.45) is 0 Å². The fourth-order valence-electron chi connectivity index (χ4n) is 2.17. The first kappa shape index (κ1) is 21.3. The van der Waals surface area contributed by atoms with Crippen molar-refractivity contribution in [3.63, 3.8) is 0 Å². The lowest BCUT2D eigenvalue weighted by Crippen LogP contribution is -2.34. The van der Waals surface area contributed by atoms with Gasteiger partial charge in [-0.1, -0.05) is 12.1 Å². The number of esters is 2. The van der Waals surface area contributed by atoms with E-state index in [0.717, 1.165) is 22.0 Å². The van der Waals surface area contributed by atoms with E-state index in [1.54, 1.807) is 6.92 Å². The first-order valence-electron chi connectivity index (χ1n) is 8.05. The number of benzene rings is 1. The molecule has 0 aliphatic carbocycles. The molecule has 0 N–H and O–H groups in total. The Morgan fingerprint density at radius 3 is 2.50 bits per heavy atom. The molecule has 0 aliphatic heterocycles. The molecule has 0 aliphatic rings. The molecule has 0 bridgehead atoms. The van der Waals surface area contributed by atoms with E-state index in [-0.39, 0.29) is 28.1 Å². The predicted octanol–water partition coefficient (Wildman–Crippen LogP) is 0.857. The Morgan fingerprint density at radius 1 is 1.25 bits per heavy atom. The summed E-state index contributed by atoms with van der Waals surface area (Å²) in [6.45, 7) is -1.50. The molecule has 0 fully saturated rings. The normalized spacial score (nSPS) is 12.3. The van der Waals surface area contributed by atoms with Crippen molar-refractivity contribution in [2.75, 3.05) is 13.7 Å². The van der Waals surface area contributed by atoms with Gasteiger partial charge in [-0.2, -0.15) is 8.78 Å². The molecule has 2 rings (SSSR count). The number of rotatable bonds is 7. The van der Waals surface area contributed by atoms with E-state index in [9.17, 15) is 23.2 Å². The first-order valence-corrected chi connectivity index (χ1v) is 8.87. The minimum atomic E-state index is -2.93. The monoisotopic (exact) mass is 413 g/mol. The molecule has 28 heavy (non-hydrogen) atoms.